The topological polar surface area (TPSA) is 47.7 Å². The Morgan fingerprint density at radius 2 is 1.71 bits per heavy atom. The molecule has 0 aromatic heterocycles. The maximum Gasteiger partial charge on any atom is 0.0788 e. The average molecular weight is 242 g/mol. The van der Waals surface area contributed by atoms with Crippen molar-refractivity contribution in [2.45, 2.75) is 44.9 Å². The minimum absolute atomic E-state index is 0.0975. The molecule has 2 rings (SSSR count). The van der Waals surface area contributed by atoms with Crippen molar-refractivity contribution in [2.75, 3.05) is 32.8 Å². The van der Waals surface area contributed by atoms with Gasteiger partial charge in [-0.25, -0.2) is 0 Å². The van der Waals surface area contributed by atoms with Crippen LogP contribution < -0.4 is 5.73 Å². The summed E-state index contributed by atoms with van der Waals surface area (Å²) in [6, 6.07) is 0.0975. The molecule has 0 aromatic rings. The lowest BCUT2D eigenvalue weighted by atomic mass is 9.82. The van der Waals surface area contributed by atoms with Crippen molar-refractivity contribution < 1.29 is 9.47 Å². The number of ether oxygens (including phenoxy) is 2. The van der Waals surface area contributed by atoms with Crippen LogP contribution in [0, 0.1) is 5.92 Å². The highest BCUT2D eigenvalue weighted by atomic mass is 16.5. The van der Waals surface area contributed by atoms with Crippen molar-refractivity contribution in [1.29, 1.82) is 0 Å². The van der Waals surface area contributed by atoms with E-state index >= 15 is 0 Å². The first-order chi connectivity index (χ1) is 7.83. The van der Waals surface area contributed by atoms with Gasteiger partial charge in [-0.3, -0.25) is 4.90 Å². The summed E-state index contributed by atoms with van der Waals surface area (Å²) in [5.74, 6) is 0.385. The van der Waals surface area contributed by atoms with E-state index in [2.05, 4.69) is 32.6 Å². The predicted octanol–water partition coefficient (Wildman–Crippen LogP) is 0.850. The summed E-state index contributed by atoms with van der Waals surface area (Å²) in [6.45, 7) is 13.2. The van der Waals surface area contributed by atoms with Gasteiger partial charge in [0.2, 0.25) is 0 Å². The number of nitrogens with zero attached hydrogens (tertiary/aromatic N) is 1. The molecular weight excluding hydrogens is 216 g/mol. The van der Waals surface area contributed by atoms with Gasteiger partial charge in [0.15, 0.2) is 0 Å². The Kier molecular flexibility index (Phi) is 3.51. The highest BCUT2D eigenvalue weighted by molar-refractivity contribution is 5.04. The van der Waals surface area contributed by atoms with E-state index in [4.69, 9.17) is 15.2 Å². The molecule has 2 N–H and O–H groups in total. The monoisotopic (exact) mass is 242 g/mol. The van der Waals surface area contributed by atoms with Crippen molar-refractivity contribution in [3.8, 4) is 0 Å². The molecule has 2 aliphatic heterocycles. The zero-order valence-electron chi connectivity index (χ0n) is 11.5. The standard InChI is InChI=1S/C13H26N2O2/c1-12(2)10(11(14)13(3,4)17-12)9-15-5-7-16-8-6-15/h10-11H,5-9,14H2,1-4H3. The van der Waals surface area contributed by atoms with Crippen molar-refractivity contribution in [3.63, 3.8) is 0 Å². The fraction of sp³-hybridized carbons (Fsp3) is 1.00. The van der Waals surface area contributed by atoms with E-state index in [1.54, 1.807) is 0 Å². The number of nitrogens with two attached hydrogens (primary N) is 1. The first-order valence-electron chi connectivity index (χ1n) is 6.59. The molecule has 17 heavy (non-hydrogen) atoms. The molecule has 4 heteroatoms. The Hall–Kier alpha value is -0.160. The van der Waals surface area contributed by atoms with Crippen molar-refractivity contribution >= 4 is 0 Å². The average Bonchev–Trinajstić information content (AvgIpc) is 2.38. The second kappa shape index (κ2) is 4.50. The van der Waals surface area contributed by atoms with Gasteiger partial charge in [0.05, 0.1) is 24.4 Å². The van der Waals surface area contributed by atoms with Crippen molar-refractivity contribution in [1.82, 2.24) is 4.90 Å². The summed E-state index contributed by atoms with van der Waals surface area (Å²) in [5, 5.41) is 0. The molecule has 0 radical (unpaired) electrons. The number of hydrogen-bond acceptors (Lipinski definition) is 4. The number of morpholine rings is 1. The van der Waals surface area contributed by atoms with E-state index < -0.39 is 0 Å². The molecule has 2 atom stereocenters. The minimum atomic E-state index is -0.222. The van der Waals surface area contributed by atoms with Crippen LogP contribution in [0.15, 0.2) is 0 Å². The molecule has 4 nitrogen and oxygen atoms in total. The van der Waals surface area contributed by atoms with Gasteiger partial charge >= 0.3 is 0 Å². The molecule has 0 amide bonds. The first kappa shape index (κ1) is 13.3. The van der Waals surface area contributed by atoms with Gasteiger partial charge in [-0.2, -0.15) is 0 Å². The van der Waals surface area contributed by atoms with Crippen LogP contribution in [0.3, 0.4) is 0 Å². The van der Waals surface area contributed by atoms with Crippen LogP contribution in [-0.2, 0) is 9.47 Å². The van der Waals surface area contributed by atoms with E-state index in [-0.39, 0.29) is 17.2 Å². The van der Waals surface area contributed by atoms with E-state index in [1.807, 2.05) is 0 Å². The summed E-state index contributed by atoms with van der Waals surface area (Å²) in [5.41, 5.74) is 6.01. The first-order valence-corrected chi connectivity index (χ1v) is 6.59. The van der Waals surface area contributed by atoms with Gasteiger partial charge in [-0.05, 0) is 27.7 Å². The van der Waals surface area contributed by atoms with E-state index in [9.17, 15) is 0 Å². The summed E-state index contributed by atoms with van der Waals surface area (Å²) >= 11 is 0. The molecule has 0 spiro atoms. The van der Waals surface area contributed by atoms with Crippen LogP contribution >= 0.6 is 0 Å². The minimum Gasteiger partial charge on any atom is -0.379 e. The third-order valence-electron chi connectivity index (χ3n) is 4.21. The fourth-order valence-corrected chi connectivity index (χ4v) is 3.13. The number of rotatable bonds is 2. The second-order valence-electron chi connectivity index (χ2n) is 6.35. The summed E-state index contributed by atoms with van der Waals surface area (Å²) in [7, 11) is 0. The Balaban J connectivity index is 2.03. The van der Waals surface area contributed by atoms with Crippen LogP contribution in [-0.4, -0.2) is 55.0 Å². The van der Waals surface area contributed by atoms with Crippen molar-refractivity contribution in [3.05, 3.63) is 0 Å². The molecule has 2 fully saturated rings. The number of hydrogen-bond donors (Lipinski definition) is 1. The molecule has 2 aliphatic rings. The van der Waals surface area contributed by atoms with Gasteiger partial charge in [0, 0.05) is 31.6 Å². The van der Waals surface area contributed by atoms with Gasteiger partial charge in [0.1, 0.15) is 0 Å². The Morgan fingerprint density at radius 3 is 2.18 bits per heavy atom. The molecule has 0 saturated carbocycles. The van der Waals surface area contributed by atoms with Gasteiger partial charge < -0.3 is 15.2 Å². The zero-order valence-corrected chi connectivity index (χ0v) is 11.5. The quantitative estimate of drug-likeness (QED) is 0.780. The van der Waals surface area contributed by atoms with Crippen LogP contribution in [0.25, 0.3) is 0 Å². The third kappa shape index (κ3) is 2.65. The molecule has 100 valence electrons. The Morgan fingerprint density at radius 1 is 1.12 bits per heavy atom. The van der Waals surface area contributed by atoms with E-state index in [0.717, 1.165) is 32.8 Å². The molecule has 0 aliphatic carbocycles. The zero-order chi connectivity index (χ0) is 12.7. The van der Waals surface area contributed by atoms with Crippen LogP contribution in [0.2, 0.25) is 0 Å². The third-order valence-corrected chi connectivity index (χ3v) is 4.21. The van der Waals surface area contributed by atoms with Gasteiger partial charge in [0.25, 0.3) is 0 Å². The Bertz CT molecular complexity index is 273. The molecular formula is C13H26N2O2. The van der Waals surface area contributed by atoms with Crippen LogP contribution in [0.1, 0.15) is 27.7 Å². The summed E-state index contributed by atoms with van der Waals surface area (Å²) in [4.78, 5) is 2.44. The van der Waals surface area contributed by atoms with Crippen LogP contribution in [0.4, 0.5) is 0 Å². The lowest BCUT2D eigenvalue weighted by molar-refractivity contribution is -0.0803. The van der Waals surface area contributed by atoms with Crippen LogP contribution in [0.5, 0.6) is 0 Å². The second-order valence-corrected chi connectivity index (χ2v) is 6.35. The van der Waals surface area contributed by atoms with Gasteiger partial charge in [-0.1, -0.05) is 0 Å². The lowest BCUT2D eigenvalue weighted by Gasteiger charge is -2.34. The van der Waals surface area contributed by atoms with E-state index in [0.29, 0.717) is 5.92 Å². The normalized spacial score (nSPS) is 37.2. The summed E-state index contributed by atoms with van der Waals surface area (Å²) < 4.78 is 11.5. The van der Waals surface area contributed by atoms with Crippen molar-refractivity contribution in [2.24, 2.45) is 11.7 Å². The largest absolute Gasteiger partial charge is 0.379 e. The molecule has 2 saturated heterocycles. The van der Waals surface area contributed by atoms with Gasteiger partial charge in [-0.15, -0.1) is 0 Å². The molecule has 2 heterocycles. The molecule has 0 aromatic carbocycles. The predicted molar refractivity (Wildman–Crippen MR) is 68.0 cm³/mol. The SMILES string of the molecule is CC1(C)OC(C)(C)C(CN2CCOCC2)C1N. The highest BCUT2D eigenvalue weighted by Crippen LogP contribution is 2.41. The Labute approximate surface area is 104 Å². The summed E-state index contributed by atoms with van der Waals surface area (Å²) in [6.07, 6.45) is 0. The maximum atomic E-state index is 6.37. The molecule has 2 unspecified atom stereocenters. The maximum absolute atomic E-state index is 6.37. The highest BCUT2D eigenvalue weighted by Gasteiger charge is 2.52. The lowest BCUT2D eigenvalue weighted by Crippen LogP contribution is -2.50. The smallest absolute Gasteiger partial charge is 0.0788 e. The fourth-order valence-electron chi connectivity index (χ4n) is 3.13. The molecule has 0 bridgehead atoms. The van der Waals surface area contributed by atoms with E-state index in [1.165, 1.54) is 0 Å².